The zero-order valence-electron chi connectivity index (χ0n) is 16.6. The van der Waals surface area contributed by atoms with Gasteiger partial charge in [0.25, 0.3) is 15.6 Å². The van der Waals surface area contributed by atoms with E-state index in [1.165, 1.54) is 10.7 Å². The van der Waals surface area contributed by atoms with Crippen molar-refractivity contribution in [2.24, 2.45) is 4.40 Å². The number of hydrogen-bond acceptors (Lipinski definition) is 7. The number of pyridine rings is 1. The van der Waals surface area contributed by atoms with Gasteiger partial charge in [-0.3, -0.25) is 9.78 Å². The molecule has 0 radical (unpaired) electrons. The number of benzene rings is 1. The summed E-state index contributed by atoms with van der Waals surface area (Å²) in [6, 6.07) is 15.7. The number of amidine groups is 1. The van der Waals surface area contributed by atoms with Gasteiger partial charge in [-0.15, -0.1) is 4.40 Å². The van der Waals surface area contributed by atoms with Gasteiger partial charge in [0.05, 0.1) is 12.2 Å². The summed E-state index contributed by atoms with van der Waals surface area (Å²) in [6.07, 6.45) is 1.69. The minimum absolute atomic E-state index is 0.185. The summed E-state index contributed by atoms with van der Waals surface area (Å²) in [5, 5.41) is 4.52. The highest BCUT2D eigenvalue weighted by Gasteiger charge is 2.33. The molecule has 0 atom stereocenters. The molecule has 5 rings (SSSR count). The van der Waals surface area contributed by atoms with Gasteiger partial charge in [0.1, 0.15) is 10.7 Å². The molecule has 158 valence electrons. The molecule has 0 amide bonds. The Morgan fingerprint density at radius 1 is 0.871 bits per heavy atom. The molecule has 0 saturated carbocycles. The molecule has 31 heavy (non-hydrogen) atoms. The quantitative estimate of drug-likeness (QED) is 0.603. The highest BCUT2D eigenvalue weighted by molar-refractivity contribution is 7.90. The number of hydrogen-bond donors (Lipinski definition) is 0. The highest BCUT2D eigenvalue weighted by Crippen LogP contribution is 2.28. The number of rotatable bonds is 3. The van der Waals surface area contributed by atoms with E-state index in [9.17, 15) is 13.2 Å². The number of piperazine rings is 1. The van der Waals surface area contributed by atoms with Gasteiger partial charge in [-0.25, -0.2) is 4.68 Å². The van der Waals surface area contributed by atoms with Gasteiger partial charge < -0.3 is 9.80 Å². The maximum Gasteiger partial charge on any atom is 0.285 e. The Balaban J connectivity index is 1.33. The third kappa shape index (κ3) is 3.70. The molecule has 9 nitrogen and oxygen atoms in total. The third-order valence-corrected chi connectivity index (χ3v) is 6.73. The van der Waals surface area contributed by atoms with E-state index in [0.717, 1.165) is 5.69 Å². The Labute approximate surface area is 179 Å². The number of nitrogens with zero attached hydrogens (tertiary/aromatic N) is 6. The molecular weight excluding hydrogens is 416 g/mol. The summed E-state index contributed by atoms with van der Waals surface area (Å²) in [7, 11) is -3.63. The summed E-state index contributed by atoms with van der Waals surface area (Å²) < 4.78 is 30.1. The fourth-order valence-corrected chi connectivity index (χ4v) is 5.06. The van der Waals surface area contributed by atoms with Gasteiger partial charge in [-0.1, -0.05) is 18.2 Å². The lowest BCUT2D eigenvalue weighted by Gasteiger charge is -2.36. The van der Waals surface area contributed by atoms with Crippen LogP contribution in [0.25, 0.3) is 0 Å². The largest absolute Gasteiger partial charge is 0.352 e. The van der Waals surface area contributed by atoms with Crippen molar-refractivity contribution in [2.75, 3.05) is 31.1 Å². The lowest BCUT2D eigenvalue weighted by Crippen LogP contribution is -2.49. The van der Waals surface area contributed by atoms with Crippen LogP contribution in [-0.2, 0) is 16.6 Å². The monoisotopic (exact) mass is 436 g/mol. The Bertz CT molecular complexity index is 1310. The van der Waals surface area contributed by atoms with Crippen molar-refractivity contribution < 1.29 is 8.42 Å². The number of sulfonamides is 1. The second-order valence-corrected chi connectivity index (χ2v) is 8.94. The zero-order chi connectivity index (χ0) is 21.4. The molecule has 2 aliphatic heterocycles. The first-order valence-corrected chi connectivity index (χ1v) is 11.4. The molecule has 3 aromatic rings. The van der Waals surface area contributed by atoms with E-state index in [1.54, 1.807) is 30.5 Å². The van der Waals surface area contributed by atoms with Crippen molar-refractivity contribution in [3.8, 4) is 0 Å². The van der Waals surface area contributed by atoms with Crippen LogP contribution < -0.4 is 10.5 Å². The van der Waals surface area contributed by atoms with Crippen LogP contribution in [0.2, 0.25) is 0 Å². The smallest absolute Gasteiger partial charge is 0.285 e. The van der Waals surface area contributed by atoms with Crippen LogP contribution >= 0.6 is 0 Å². The van der Waals surface area contributed by atoms with Crippen LogP contribution in [0.4, 0.5) is 5.82 Å². The van der Waals surface area contributed by atoms with Gasteiger partial charge in [0, 0.05) is 44.0 Å². The van der Waals surface area contributed by atoms with Crippen molar-refractivity contribution in [2.45, 2.75) is 11.4 Å². The Morgan fingerprint density at radius 2 is 1.61 bits per heavy atom. The number of anilines is 1. The van der Waals surface area contributed by atoms with Gasteiger partial charge in [0.15, 0.2) is 5.84 Å². The predicted octanol–water partition coefficient (Wildman–Crippen LogP) is 0.958. The van der Waals surface area contributed by atoms with Crippen molar-refractivity contribution in [3.05, 3.63) is 82.4 Å². The second kappa shape index (κ2) is 7.62. The summed E-state index contributed by atoms with van der Waals surface area (Å²) in [5.41, 5.74) is 1.23. The van der Waals surface area contributed by atoms with Crippen molar-refractivity contribution >= 4 is 21.7 Å². The average Bonchev–Trinajstić information content (AvgIpc) is 3.07. The number of aromatic nitrogens is 3. The molecular formula is C21H20N6O3S. The van der Waals surface area contributed by atoms with Crippen LogP contribution in [-0.4, -0.2) is 60.1 Å². The minimum atomic E-state index is -3.63. The summed E-state index contributed by atoms with van der Waals surface area (Å²) in [5.74, 6) is 1.21. The van der Waals surface area contributed by atoms with E-state index in [-0.39, 0.29) is 10.5 Å². The zero-order valence-corrected chi connectivity index (χ0v) is 17.4. The normalized spacial score (nSPS) is 17.4. The molecule has 4 heterocycles. The van der Waals surface area contributed by atoms with Crippen LogP contribution in [0.3, 0.4) is 0 Å². The molecule has 2 aliphatic rings. The predicted molar refractivity (Wildman–Crippen MR) is 116 cm³/mol. The highest BCUT2D eigenvalue weighted by atomic mass is 32.2. The molecule has 0 N–H and O–H groups in total. The lowest BCUT2D eigenvalue weighted by atomic mass is 10.1. The average molecular weight is 436 g/mol. The van der Waals surface area contributed by atoms with Gasteiger partial charge in [0.2, 0.25) is 0 Å². The molecule has 0 spiro atoms. The third-order valence-electron chi connectivity index (χ3n) is 5.41. The van der Waals surface area contributed by atoms with Gasteiger partial charge in [-0.05, 0) is 30.3 Å². The van der Waals surface area contributed by atoms with E-state index in [1.807, 2.05) is 29.2 Å². The van der Waals surface area contributed by atoms with Gasteiger partial charge in [-0.2, -0.15) is 13.5 Å². The molecule has 10 heteroatoms. The molecule has 2 aromatic heterocycles. The Hall–Kier alpha value is -3.53. The van der Waals surface area contributed by atoms with Crippen molar-refractivity contribution in [3.63, 3.8) is 0 Å². The Morgan fingerprint density at radius 3 is 2.39 bits per heavy atom. The maximum absolute atomic E-state index is 12.3. The van der Waals surface area contributed by atoms with Crippen molar-refractivity contribution in [1.29, 1.82) is 0 Å². The molecule has 1 saturated heterocycles. The first-order valence-electron chi connectivity index (χ1n) is 9.94. The SMILES string of the molecule is O=c1ccc(N2CCN(C3=NS(=O)(=O)c4ccccc43)CC2)nn1Cc1ccccn1. The molecule has 0 bridgehead atoms. The van der Waals surface area contributed by atoms with Crippen LogP contribution in [0.15, 0.2) is 74.9 Å². The first-order chi connectivity index (χ1) is 15.0. The van der Waals surface area contributed by atoms with E-state index in [0.29, 0.717) is 49.9 Å². The maximum atomic E-state index is 12.3. The topological polar surface area (TPSA) is 101 Å². The number of fused-ring (bicyclic) bond motifs is 1. The van der Waals surface area contributed by atoms with Crippen LogP contribution in [0.1, 0.15) is 11.3 Å². The lowest BCUT2D eigenvalue weighted by molar-refractivity contribution is 0.384. The molecule has 1 aromatic carbocycles. The fraction of sp³-hybridized carbons (Fsp3) is 0.238. The minimum Gasteiger partial charge on any atom is -0.352 e. The fourth-order valence-electron chi connectivity index (χ4n) is 3.83. The van der Waals surface area contributed by atoms with E-state index < -0.39 is 10.0 Å². The van der Waals surface area contributed by atoms with Gasteiger partial charge >= 0.3 is 0 Å². The van der Waals surface area contributed by atoms with E-state index in [2.05, 4.69) is 19.4 Å². The standard InChI is InChI=1S/C21H20N6O3S/c28-20-9-8-19(23-27(20)15-16-5-3-4-10-22-16)25-11-13-26(14-12-25)21-17-6-1-2-7-18(17)31(29,30)24-21/h1-10H,11-15H2. The summed E-state index contributed by atoms with van der Waals surface area (Å²) in [6.45, 7) is 2.78. The summed E-state index contributed by atoms with van der Waals surface area (Å²) in [4.78, 5) is 20.8. The molecule has 0 unspecified atom stereocenters. The molecule has 1 fully saturated rings. The van der Waals surface area contributed by atoms with E-state index >= 15 is 0 Å². The Kier molecular flexibility index (Phi) is 4.78. The van der Waals surface area contributed by atoms with Crippen LogP contribution in [0.5, 0.6) is 0 Å². The summed E-state index contributed by atoms with van der Waals surface area (Å²) >= 11 is 0. The second-order valence-electron chi connectivity index (χ2n) is 7.37. The molecule has 0 aliphatic carbocycles. The van der Waals surface area contributed by atoms with Crippen molar-refractivity contribution in [1.82, 2.24) is 19.7 Å². The first kappa shape index (κ1) is 19.4. The van der Waals surface area contributed by atoms with Crippen LogP contribution in [0, 0.1) is 0 Å². The van der Waals surface area contributed by atoms with E-state index in [4.69, 9.17) is 0 Å².